The molecule has 0 bridgehead atoms. The summed E-state index contributed by atoms with van der Waals surface area (Å²) >= 11 is 0. The van der Waals surface area contributed by atoms with E-state index in [4.69, 9.17) is 0 Å². The van der Waals surface area contributed by atoms with Gasteiger partial charge in [0.05, 0.1) is 0 Å². The molecule has 0 amide bonds. The monoisotopic (exact) mass is 236 g/mol. The fourth-order valence-corrected chi connectivity index (χ4v) is 6.10. The molecular formula is C16H28O. The number of hydrogen-bond acceptors (Lipinski definition) is 1. The van der Waals surface area contributed by atoms with Gasteiger partial charge in [-0.1, -0.05) is 39.5 Å². The van der Waals surface area contributed by atoms with Gasteiger partial charge in [-0.3, -0.25) is 0 Å². The van der Waals surface area contributed by atoms with Gasteiger partial charge >= 0.3 is 0 Å². The fourth-order valence-electron chi connectivity index (χ4n) is 6.10. The Morgan fingerprint density at radius 2 is 1.59 bits per heavy atom. The maximum absolute atomic E-state index is 10.1. The van der Waals surface area contributed by atoms with Gasteiger partial charge in [-0.05, 0) is 54.3 Å². The minimum atomic E-state index is 0.312. The van der Waals surface area contributed by atoms with E-state index >= 15 is 0 Å². The van der Waals surface area contributed by atoms with E-state index in [0.717, 1.165) is 17.8 Å². The highest BCUT2D eigenvalue weighted by Crippen LogP contribution is 2.68. The summed E-state index contributed by atoms with van der Waals surface area (Å²) in [5.41, 5.74) is 0.793. The largest absolute Gasteiger partial charge is 0.396 e. The van der Waals surface area contributed by atoms with Crippen molar-refractivity contribution in [1.82, 2.24) is 0 Å². The van der Waals surface area contributed by atoms with Crippen LogP contribution in [0.3, 0.4) is 0 Å². The Hall–Kier alpha value is -0.0400. The minimum Gasteiger partial charge on any atom is -0.396 e. The molecular weight excluding hydrogens is 208 g/mol. The molecule has 4 unspecified atom stereocenters. The van der Waals surface area contributed by atoms with Crippen molar-refractivity contribution in [2.75, 3.05) is 6.61 Å². The molecule has 1 N–H and O–H groups in total. The predicted octanol–water partition coefficient (Wildman–Crippen LogP) is 4.00. The maximum Gasteiger partial charge on any atom is 0.0493 e. The summed E-state index contributed by atoms with van der Waals surface area (Å²) in [6, 6.07) is 0. The van der Waals surface area contributed by atoms with E-state index in [9.17, 15) is 5.11 Å². The van der Waals surface area contributed by atoms with Crippen molar-refractivity contribution in [3.05, 3.63) is 0 Å². The standard InChI is InChI=1S/C16H28O/c1-15(2)12-7-3-4-8-13(12)16(11-17)10-6-5-9-14(15)16/h12-14,17H,3-11H2,1-2H3. The summed E-state index contributed by atoms with van der Waals surface area (Å²) in [5, 5.41) is 10.1. The van der Waals surface area contributed by atoms with E-state index in [-0.39, 0.29) is 0 Å². The molecule has 0 spiro atoms. The zero-order valence-electron chi connectivity index (χ0n) is 11.5. The number of hydrogen-bond donors (Lipinski definition) is 1. The average Bonchev–Trinajstić information content (AvgIpc) is 2.58. The van der Waals surface area contributed by atoms with Crippen LogP contribution >= 0.6 is 0 Å². The Balaban J connectivity index is 2.01. The van der Waals surface area contributed by atoms with Crippen LogP contribution in [0, 0.1) is 28.6 Å². The molecule has 0 saturated heterocycles. The third-order valence-corrected chi connectivity index (χ3v) is 6.73. The number of rotatable bonds is 1. The Bertz CT molecular complexity index is 296. The molecule has 0 aromatic rings. The van der Waals surface area contributed by atoms with E-state index in [1.165, 1.54) is 51.4 Å². The second-order valence-electron chi connectivity index (χ2n) is 7.51. The molecule has 1 nitrogen and oxygen atoms in total. The van der Waals surface area contributed by atoms with Crippen molar-refractivity contribution in [3.63, 3.8) is 0 Å². The van der Waals surface area contributed by atoms with Crippen LogP contribution in [0.1, 0.15) is 65.2 Å². The minimum absolute atomic E-state index is 0.312. The molecule has 1 heteroatoms. The molecule has 0 aromatic heterocycles. The SMILES string of the molecule is CC1(C)C2CCCCC2C2(CO)CCCCC12. The summed E-state index contributed by atoms with van der Waals surface area (Å²) in [6.45, 7) is 5.47. The first-order valence-corrected chi connectivity index (χ1v) is 7.74. The Labute approximate surface area is 106 Å². The predicted molar refractivity (Wildman–Crippen MR) is 70.7 cm³/mol. The summed E-state index contributed by atoms with van der Waals surface area (Å²) in [5.74, 6) is 2.52. The first-order chi connectivity index (χ1) is 8.13. The van der Waals surface area contributed by atoms with Crippen LogP contribution in [0.2, 0.25) is 0 Å². The van der Waals surface area contributed by atoms with Crippen LogP contribution in [-0.4, -0.2) is 11.7 Å². The van der Waals surface area contributed by atoms with Crippen LogP contribution in [0.5, 0.6) is 0 Å². The van der Waals surface area contributed by atoms with E-state index in [2.05, 4.69) is 13.8 Å². The quantitative estimate of drug-likeness (QED) is 0.729. The highest BCUT2D eigenvalue weighted by atomic mass is 16.3. The highest BCUT2D eigenvalue weighted by molar-refractivity contribution is 5.11. The fraction of sp³-hybridized carbons (Fsp3) is 1.00. The molecule has 3 aliphatic carbocycles. The van der Waals surface area contributed by atoms with Gasteiger partial charge in [-0.15, -0.1) is 0 Å². The lowest BCUT2D eigenvalue weighted by atomic mass is 9.60. The van der Waals surface area contributed by atoms with Gasteiger partial charge in [0.25, 0.3) is 0 Å². The molecule has 0 aromatic carbocycles. The summed E-state index contributed by atoms with van der Waals surface area (Å²) < 4.78 is 0. The zero-order chi connectivity index (χ0) is 12.1. The van der Waals surface area contributed by atoms with Crippen LogP contribution in [0.15, 0.2) is 0 Å². The lowest BCUT2D eigenvalue weighted by Gasteiger charge is -2.45. The van der Waals surface area contributed by atoms with Crippen LogP contribution in [0.25, 0.3) is 0 Å². The van der Waals surface area contributed by atoms with Gasteiger partial charge in [0.2, 0.25) is 0 Å². The molecule has 0 heterocycles. The van der Waals surface area contributed by atoms with Crippen molar-refractivity contribution in [2.45, 2.75) is 65.2 Å². The lowest BCUT2D eigenvalue weighted by molar-refractivity contribution is -0.0159. The van der Waals surface area contributed by atoms with Gasteiger partial charge < -0.3 is 5.11 Å². The first kappa shape index (κ1) is 12.0. The van der Waals surface area contributed by atoms with Gasteiger partial charge in [-0.2, -0.15) is 0 Å². The van der Waals surface area contributed by atoms with Gasteiger partial charge in [0.15, 0.2) is 0 Å². The van der Waals surface area contributed by atoms with Gasteiger partial charge in [0.1, 0.15) is 0 Å². The molecule has 3 rings (SSSR count). The van der Waals surface area contributed by atoms with Crippen molar-refractivity contribution in [2.24, 2.45) is 28.6 Å². The van der Waals surface area contributed by atoms with Gasteiger partial charge in [0, 0.05) is 6.61 Å². The average molecular weight is 236 g/mol. The molecule has 17 heavy (non-hydrogen) atoms. The Morgan fingerprint density at radius 1 is 0.941 bits per heavy atom. The lowest BCUT2D eigenvalue weighted by Crippen LogP contribution is -2.41. The van der Waals surface area contributed by atoms with E-state index in [1.807, 2.05) is 0 Å². The van der Waals surface area contributed by atoms with E-state index in [1.54, 1.807) is 0 Å². The van der Waals surface area contributed by atoms with E-state index < -0.39 is 0 Å². The second kappa shape index (κ2) is 3.98. The summed E-state index contributed by atoms with van der Waals surface area (Å²) in [6.07, 6.45) is 11.1. The first-order valence-electron chi connectivity index (χ1n) is 7.74. The number of aliphatic hydroxyl groups is 1. The molecule has 3 fully saturated rings. The maximum atomic E-state index is 10.1. The molecule has 3 aliphatic rings. The van der Waals surface area contributed by atoms with Crippen molar-refractivity contribution in [3.8, 4) is 0 Å². The molecule has 98 valence electrons. The van der Waals surface area contributed by atoms with Crippen molar-refractivity contribution in [1.29, 1.82) is 0 Å². The van der Waals surface area contributed by atoms with E-state index in [0.29, 0.717) is 17.4 Å². The van der Waals surface area contributed by atoms with Crippen LogP contribution in [0.4, 0.5) is 0 Å². The third kappa shape index (κ3) is 1.47. The molecule has 0 aliphatic heterocycles. The van der Waals surface area contributed by atoms with Gasteiger partial charge in [-0.25, -0.2) is 0 Å². The topological polar surface area (TPSA) is 20.2 Å². The molecule has 3 saturated carbocycles. The Morgan fingerprint density at radius 3 is 2.29 bits per heavy atom. The van der Waals surface area contributed by atoms with Crippen LogP contribution in [-0.2, 0) is 0 Å². The zero-order valence-corrected chi connectivity index (χ0v) is 11.5. The van der Waals surface area contributed by atoms with Crippen molar-refractivity contribution < 1.29 is 5.11 Å². The Kier molecular flexibility index (Phi) is 2.81. The molecule has 4 atom stereocenters. The number of aliphatic hydroxyl groups excluding tert-OH is 1. The summed E-state index contributed by atoms with van der Waals surface area (Å²) in [4.78, 5) is 0. The normalized spacial score (nSPS) is 48.5. The molecule has 0 radical (unpaired) electrons. The highest BCUT2D eigenvalue weighted by Gasteiger charge is 2.63. The van der Waals surface area contributed by atoms with Crippen LogP contribution < -0.4 is 0 Å². The number of fused-ring (bicyclic) bond motifs is 3. The third-order valence-electron chi connectivity index (χ3n) is 6.73. The summed E-state index contributed by atoms with van der Waals surface area (Å²) in [7, 11) is 0. The van der Waals surface area contributed by atoms with Crippen molar-refractivity contribution >= 4 is 0 Å². The smallest absolute Gasteiger partial charge is 0.0493 e. The second-order valence-corrected chi connectivity index (χ2v) is 7.51.